The maximum absolute atomic E-state index is 13.1. The van der Waals surface area contributed by atoms with Crippen molar-refractivity contribution in [1.29, 1.82) is 0 Å². The lowest BCUT2D eigenvalue weighted by atomic mass is 10.0. The Morgan fingerprint density at radius 2 is 2.10 bits per heavy atom. The molecule has 1 N–H and O–H groups in total. The van der Waals surface area contributed by atoms with Crippen LogP contribution in [0.25, 0.3) is 10.3 Å². The van der Waals surface area contributed by atoms with Crippen molar-refractivity contribution in [3.05, 3.63) is 46.5 Å². The molecule has 0 radical (unpaired) electrons. The Balaban J connectivity index is 1.55. The molecular formula is C20H20F3N5O2S. The van der Waals surface area contributed by atoms with E-state index in [9.17, 15) is 22.8 Å². The van der Waals surface area contributed by atoms with Crippen LogP contribution in [0.15, 0.2) is 35.4 Å². The van der Waals surface area contributed by atoms with Crippen molar-refractivity contribution in [3.63, 3.8) is 0 Å². The maximum atomic E-state index is 13.1. The Labute approximate surface area is 179 Å². The smallest absolute Gasteiger partial charge is 0.348 e. The molecule has 1 amide bonds. The first-order valence-corrected chi connectivity index (χ1v) is 10.6. The van der Waals surface area contributed by atoms with Crippen LogP contribution in [0.1, 0.15) is 25.3 Å². The van der Waals surface area contributed by atoms with Crippen molar-refractivity contribution in [2.75, 3.05) is 23.3 Å². The molecule has 1 aliphatic rings. The molecule has 1 atom stereocenters. The maximum Gasteiger partial charge on any atom is 0.418 e. The minimum absolute atomic E-state index is 0.308. The molecule has 1 aromatic carbocycles. The molecule has 1 fully saturated rings. The van der Waals surface area contributed by atoms with Crippen LogP contribution in [-0.2, 0) is 17.5 Å². The van der Waals surface area contributed by atoms with E-state index in [1.54, 1.807) is 0 Å². The van der Waals surface area contributed by atoms with Gasteiger partial charge in [-0.15, -0.1) is 0 Å². The van der Waals surface area contributed by atoms with Gasteiger partial charge in [0.15, 0.2) is 10.8 Å². The number of aromatic nitrogens is 3. The Kier molecular flexibility index (Phi) is 5.69. The van der Waals surface area contributed by atoms with Gasteiger partial charge in [-0.05, 0) is 30.9 Å². The van der Waals surface area contributed by atoms with Gasteiger partial charge < -0.3 is 10.2 Å². The number of benzene rings is 1. The van der Waals surface area contributed by atoms with Gasteiger partial charge >= 0.3 is 6.18 Å². The molecule has 1 aliphatic heterocycles. The first kappa shape index (κ1) is 21.3. The minimum atomic E-state index is -4.60. The van der Waals surface area contributed by atoms with Crippen LogP contribution in [-0.4, -0.2) is 33.5 Å². The fourth-order valence-electron chi connectivity index (χ4n) is 3.63. The number of halogens is 3. The Morgan fingerprint density at radius 1 is 1.32 bits per heavy atom. The lowest BCUT2D eigenvalue weighted by molar-refractivity contribution is -0.137. The summed E-state index contributed by atoms with van der Waals surface area (Å²) in [6.07, 6.45) is -1.21. The van der Waals surface area contributed by atoms with E-state index in [1.165, 1.54) is 35.9 Å². The van der Waals surface area contributed by atoms with Crippen molar-refractivity contribution < 1.29 is 18.0 Å². The zero-order valence-electron chi connectivity index (χ0n) is 16.6. The molecule has 31 heavy (non-hydrogen) atoms. The standard InChI is InChI=1S/C20H20F3N5O2S/c1-12-5-4-8-27(9-12)19-26-17-16(31-19)18(30)28(11-24-17)10-15(29)25-14-7-3-2-6-13(14)20(21,22)23/h2-3,6-7,11-12H,4-5,8-10H2,1H3,(H,25,29)/t12-/m0/s1. The van der Waals surface area contributed by atoms with Crippen molar-refractivity contribution in [2.24, 2.45) is 5.92 Å². The molecule has 0 bridgehead atoms. The zero-order chi connectivity index (χ0) is 22.2. The van der Waals surface area contributed by atoms with Gasteiger partial charge in [0.2, 0.25) is 5.91 Å². The van der Waals surface area contributed by atoms with Gasteiger partial charge in [-0.2, -0.15) is 18.2 Å². The van der Waals surface area contributed by atoms with Gasteiger partial charge in [-0.3, -0.25) is 14.2 Å². The van der Waals surface area contributed by atoms with Crippen LogP contribution < -0.4 is 15.8 Å². The number of nitrogens with zero attached hydrogens (tertiary/aromatic N) is 4. The summed E-state index contributed by atoms with van der Waals surface area (Å²) >= 11 is 1.22. The first-order valence-electron chi connectivity index (χ1n) is 9.79. The number of anilines is 2. The Hall–Kier alpha value is -2.95. The highest BCUT2D eigenvalue weighted by atomic mass is 32.1. The van der Waals surface area contributed by atoms with Gasteiger partial charge in [0.05, 0.1) is 11.3 Å². The average Bonchev–Trinajstić information content (AvgIpc) is 3.15. The number of hydrogen-bond acceptors (Lipinski definition) is 6. The van der Waals surface area contributed by atoms with Gasteiger partial charge in [0.1, 0.15) is 17.6 Å². The van der Waals surface area contributed by atoms with E-state index in [1.807, 2.05) is 0 Å². The van der Waals surface area contributed by atoms with Crippen molar-refractivity contribution in [1.82, 2.24) is 14.5 Å². The number of fused-ring (bicyclic) bond motifs is 1. The lowest BCUT2D eigenvalue weighted by Gasteiger charge is -2.30. The number of thiazole rings is 1. The van der Waals surface area contributed by atoms with E-state index in [2.05, 4.69) is 27.1 Å². The van der Waals surface area contributed by atoms with Gasteiger partial charge in [0.25, 0.3) is 5.56 Å². The molecule has 0 aliphatic carbocycles. The molecule has 3 heterocycles. The normalized spacial score (nSPS) is 17.2. The fourth-order valence-corrected chi connectivity index (χ4v) is 4.63. The molecule has 11 heteroatoms. The van der Waals surface area contributed by atoms with Gasteiger partial charge in [-0.1, -0.05) is 30.4 Å². The summed E-state index contributed by atoms with van der Waals surface area (Å²) < 4.78 is 40.8. The second-order valence-corrected chi connectivity index (χ2v) is 8.59. The number of piperidine rings is 1. The monoisotopic (exact) mass is 451 g/mol. The van der Waals surface area contributed by atoms with Gasteiger partial charge in [0, 0.05) is 13.1 Å². The molecule has 4 rings (SSSR count). The molecule has 3 aromatic rings. The number of para-hydroxylation sites is 1. The van der Waals surface area contributed by atoms with Gasteiger partial charge in [-0.25, -0.2) is 4.98 Å². The molecule has 0 saturated carbocycles. The average molecular weight is 451 g/mol. The van der Waals surface area contributed by atoms with Crippen LogP contribution >= 0.6 is 11.3 Å². The second-order valence-electron chi connectivity index (χ2n) is 7.61. The summed E-state index contributed by atoms with van der Waals surface area (Å²) in [5.74, 6) is -0.219. The second kappa shape index (κ2) is 8.29. The van der Waals surface area contributed by atoms with E-state index in [4.69, 9.17) is 0 Å². The predicted molar refractivity (Wildman–Crippen MR) is 112 cm³/mol. The van der Waals surface area contributed by atoms with Crippen LogP contribution in [0, 0.1) is 5.92 Å². The summed E-state index contributed by atoms with van der Waals surface area (Å²) in [4.78, 5) is 35.9. The Morgan fingerprint density at radius 3 is 2.84 bits per heavy atom. The number of carbonyl (C=O) groups excluding carboxylic acids is 1. The number of nitrogens with one attached hydrogen (secondary N) is 1. The SMILES string of the molecule is C[C@H]1CCCN(c2nc3ncn(CC(=O)Nc4ccccc4C(F)(F)F)c(=O)c3s2)C1. The van der Waals surface area contributed by atoms with E-state index < -0.39 is 29.8 Å². The number of carbonyl (C=O) groups is 1. The summed E-state index contributed by atoms with van der Waals surface area (Å²) in [7, 11) is 0. The fraction of sp³-hybridized carbons (Fsp3) is 0.400. The largest absolute Gasteiger partial charge is 0.418 e. The highest BCUT2D eigenvalue weighted by Crippen LogP contribution is 2.34. The molecule has 1 saturated heterocycles. The van der Waals surface area contributed by atoms with Crippen LogP contribution in [0.5, 0.6) is 0 Å². The number of alkyl halides is 3. The third-order valence-electron chi connectivity index (χ3n) is 5.12. The highest BCUT2D eigenvalue weighted by Gasteiger charge is 2.33. The van der Waals surface area contributed by atoms with Crippen LogP contribution in [0.4, 0.5) is 24.0 Å². The van der Waals surface area contributed by atoms with E-state index in [0.29, 0.717) is 21.4 Å². The minimum Gasteiger partial charge on any atom is -0.348 e. The van der Waals surface area contributed by atoms with Crippen molar-refractivity contribution >= 4 is 38.4 Å². The van der Waals surface area contributed by atoms with Crippen molar-refractivity contribution in [3.8, 4) is 0 Å². The van der Waals surface area contributed by atoms with Crippen LogP contribution in [0.3, 0.4) is 0 Å². The molecule has 0 spiro atoms. The number of amides is 1. The molecule has 7 nitrogen and oxygen atoms in total. The van der Waals surface area contributed by atoms with E-state index >= 15 is 0 Å². The highest BCUT2D eigenvalue weighted by molar-refractivity contribution is 7.22. The molecule has 164 valence electrons. The molecule has 2 aromatic heterocycles. The quantitative estimate of drug-likeness (QED) is 0.654. The van der Waals surface area contributed by atoms with Crippen molar-refractivity contribution in [2.45, 2.75) is 32.5 Å². The third kappa shape index (κ3) is 4.55. The van der Waals surface area contributed by atoms with E-state index in [0.717, 1.165) is 36.6 Å². The predicted octanol–water partition coefficient (Wildman–Crippen LogP) is 3.75. The van der Waals surface area contributed by atoms with E-state index in [-0.39, 0.29) is 5.69 Å². The number of hydrogen-bond donors (Lipinski definition) is 1. The third-order valence-corrected chi connectivity index (χ3v) is 6.21. The zero-order valence-corrected chi connectivity index (χ0v) is 17.5. The summed E-state index contributed by atoms with van der Waals surface area (Å²) in [5, 5.41) is 2.95. The molecular weight excluding hydrogens is 431 g/mol. The lowest BCUT2D eigenvalue weighted by Crippen LogP contribution is -2.34. The summed E-state index contributed by atoms with van der Waals surface area (Å²) in [5.41, 5.74) is -1.45. The topological polar surface area (TPSA) is 80.1 Å². The number of rotatable bonds is 4. The van der Waals surface area contributed by atoms with Crippen LogP contribution in [0.2, 0.25) is 0 Å². The molecule has 0 unspecified atom stereocenters. The Bertz CT molecular complexity index is 1170. The summed E-state index contributed by atoms with van der Waals surface area (Å²) in [6, 6.07) is 4.69. The summed E-state index contributed by atoms with van der Waals surface area (Å²) in [6.45, 7) is 3.43. The first-order chi connectivity index (χ1) is 14.7.